The van der Waals surface area contributed by atoms with Crippen molar-refractivity contribution in [1.82, 2.24) is 20.2 Å². The number of hydrogen-bond donors (Lipinski definition) is 2. The van der Waals surface area contributed by atoms with Crippen molar-refractivity contribution in [2.75, 3.05) is 32.7 Å². The fourth-order valence-corrected chi connectivity index (χ4v) is 3.85. The molecule has 1 aliphatic rings. The van der Waals surface area contributed by atoms with Crippen LogP contribution in [0.15, 0.2) is 24.3 Å². The zero-order chi connectivity index (χ0) is 18.7. The van der Waals surface area contributed by atoms with E-state index in [0.717, 1.165) is 25.3 Å². The van der Waals surface area contributed by atoms with Gasteiger partial charge in [0.25, 0.3) is 0 Å². The zero-order valence-electron chi connectivity index (χ0n) is 16.9. The molecule has 1 saturated heterocycles. The molecule has 1 aromatic heterocycles. The van der Waals surface area contributed by atoms with Crippen LogP contribution in [0.3, 0.4) is 0 Å². The van der Waals surface area contributed by atoms with Crippen molar-refractivity contribution < 1.29 is 9.80 Å². The second-order valence-corrected chi connectivity index (χ2v) is 8.22. The Balaban J connectivity index is 1.99. The van der Waals surface area contributed by atoms with Crippen molar-refractivity contribution in [3.05, 3.63) is 41.2 Å². The van der Waals surface area contributed by atoms with Gasteiger partial charge in [-0.15, -0.1) is 5.10 Å². The predicted octanol–water partition coefficient (Wildman–Crippen LogP) is 0.0193. The fraction of sp³-hybridized carbons (Fsp3) is 0.650. The maximum absolute atomic E-state index is 4.52. The maximum atomic E-state index is 4.52. The first-order valence-corrected chi connectivity index (χ1v) is 9.99. The van der Waals surface area contributed by atoms with Gasteiger partial charge in [0.15, 0.2) is 6.04 Å². The Bertz CT molecular complexity index is 697. The molecular weight excluding hydrogens is 324 g/mol. The van der Waals surface area contributed by atoms with E-state index < -0.39 is 0 Å². The smallest absolute Gasteiger partial charge is 0.214 e. The number of nitrogens with zero attached hydrogens (tertiary/aromatic N) is 4. The van der Waals surface area contributed by atoms with Crippen LogP contribution in [0.5, 0.6) is 0 Å². The second kappa shape index (κ2) is 7.84. The van der Waals surface area contributed by atoms with Crippen molar-refractivity contribution in [2.24, 2.45) is 0 Å². The molecule has 0 aliphatic carbocycles. The van der Waals surface area contributed by atoms with E-state index in [4.69, 9.17) is 0 Å². The van der Waals surface area contributed by atoms with Crippen LogP contribution in [-0.4, -0.2) is 52.9 Å². The van der Waals surface area contributed by atoms with Crippen LogP contribution >= 0.6 is 0 Å². The van der Waals surface area contributed by atoms with Crippen molar-refractivity contribution in [3.8, 4) is 0 Å². The predicted molar refractivity (Wildman–Crippen MR) is 102 cm³/mol. The first-order chi connectivity index (χ1) is 12.5. The number of nitrogens with one attached hydrogen (secondary N) is 2. The lowest BCUT2D eigenvalue weighted by molar-refractivity contribution is -1.02. The Morgan fingerprint density at radius 3 is 2.31 bits per heavy atom. The average Bonchev–Trinajstić information content (AvgIpc) is 3.14. The van der Waals surface area contributed by atoms with Gasteiger partial charge in [-0.1, -0.05) is 36.8 Å². The molecule has 0 amide bonds. The van der Waals surface area contributed by atoms with E-state index in [9.17, 15) is 0 Å². The van der Waals surface area contributed by atoms with Crippen LogP contribution in [0.25, 0.3) is 0 Å². The van der Waals surface area contributed by atoms with Crippen LogP contribution < -0.4 is 9.80 Å². The Labute approximate surface area is 157 Å². The molecule has 2 N–H and O–H groups in total. The molecule has 1 aliphatic heterocycles. The van der Waals surface area contributed by atoms with Gasteiger partial charge in [0.05, 0.1) is 12.1 Å². The molecule has 0 unspecified atom stereocenters. The van der Waals surface area contributed by atoms with Gasteiger partial charge < -0.3 is 9.80 Å². The fourth-order valence-electron chi connectivity index (χ4n) is 3.85. The minimum absolute atomic E-state index is 0.0856. The van der Waals surface area contributed by atoms with Crippen LogP contribution in [-0.2, 0) is 5.54 Å². The maximum Gasteiger partial charge on any atom is 0.214 e. The minimum atomic E-state index is -0.0856. The Morgan fingerprint density at radius 1 is 1.08 bits per heavy atom. The highest BCUT2D eigenvalue weighted by Gasteiger charge is 2.37. The van der Waals surface area contributed by atoms with Gasteiger partial charge in [-0.2, -0.15) is 0 Å². The van der Waals surface area contributed by atoms with Crippen molar-refractivity contribution in [3.63, 3.8) is 0 Å². The largest absolute Gasteiger partial charge is 0.326 e. The van der Waals surface area contributed by atoms with E-state index >= 15 is 0 Å². The third-order valence-electron chi connectivity index (χ3n) is 6.11. The minimum Gasteiger partial charge on any atom is -0.326 e. The third-order valence-corrected chi connectivity index (χ3v) is 6.11. The summed E-state index contributed by atoms with van der Waals surface area (Å²) in [5.41, 5.74) is 2.52. The average molecular weight is 359 g/mol. The first kappa shape index (κ1) is 19.0. The van der Waals surface area contributed by atoms with Crippen LogP contribution in [0.1, 0.15) is 57.1 Å². The third kappa shape index (κ3) is 3.81. The molecule has 2 heterocycles. The van der Waals surface area contributed by atoms with Crippen LogP contribution in [0.2, 0.25) is 0 Å². The molecular formula is C20H34N6+2. The summed E-state index contributed by atoms with van der Waals surface area (Å²) in [5.74, 6) is 0.996. The highest BCUT2D eigenvalue weighted by atomic mass is 15.6. The topological polar surface area (TPSA) is 52.5 Å². The number of tetrazole rings is 1. The van der Waals surface area contributed by atoms with Crippen molar-refractivity contribution in [2.45, 2.75) is 52.6 Å². The molecule has 0 saturated carbocycles. The quantitative estimate of drug-likeness (QED) is 0.765. The number of aryl methyl sites for hydroxylation is 1. The number of quaternary nitrogens is 2. The van der Waals surface area contributed by atoms with E-state index in [1.165, 1.54) is 30.8 Å². The molecule has 1 aromatic carbocycles. The summed E-state index contributed by atoms with van der Waals surface area (Å²) in [6.45, 7) is 17.0. The van der Waals surface area contributed by atoms with Gasteiger partial charge in [0.1, 0.15) is 26.2 Å². The van der Waals surface area contributed by atoms with Gasteiger partial charge >= 0.3 is 0 Å². The van der Waals surface area contributed by atoms with Crippen molar-refractivity contribution >= 4 is 0 Å². The summed E-state index contributed by atoms with van der Waals surface area (Å²) in [6, 6.07) is 9.10. The summed E-state index contributed by atoms with van der Waals surface area (Å²) in [5, 5.41) is 13.0. The number of likely N-dealkylation sites (N-methyl/N-ethyl adjacent to an activating group) is 1. The Morgan fingerprint density at radius 2 is 1.73 bits per heavy atom. The monoisotopic (exact) mass is 358 g/mol. The van der Waals surface area contributed by atoms with Gasteiger partial charge in [-0.25, -0.2) is 4.68 Å². The molecule has 0 radical (unpaired) electrons. The summed E-state index contributed by atoms with van der Waals surface area (Å²) >= 11 is 0. The summed E-state index contributed by atoms with van der Waals surface area (Å²) in [4.78, 5) is 3.28. The lowest BCUT2D eigenvalue weighted by Gasteiger charge is -2.35. The zero-order valence-corrected chi connectivity index (χ0v) is 16.9. The number of hydrogen-bond acceptors (Lipinski definition) is 3. The number of benzene rings is 1. The number of aromatic nitrogens is 4. The van der Waals surface area contributed by atoms with E-state index in [0.29, 0.717) is 0 Å². The molecule has 0 bridgehead atoms. The van der Waals surface area contributed by atoms with Gasteiger partial charge in [0.2, 0.25) is 5.82 Å². The standard InChI is InChI=1S/C20H32N6/c1-6-20(4,5)26-19(21-22-23-26)18(17-10-8-16(3)9-11-17)25-14-12-24(7-2)13-15-25/h8-11,18H,6-7,12-15H2,1-5H3/p+2/t18-/m0/s1. The molecule has 142 valence electrons. The SMILES string of the molecule is CC[NH+]1CC[NH+]([C@@H](c2ccc(C)cc2)c2nnnn2C(C)(C)CC)CC1. The van der Waals surface area contributed by atoms with Gasteiger partial charge in [-0.05, 0) is 44.5 Å². The summed E-state index contributed by atoms with van der Waals surface area (Å²) < 4.78 is 2.06. The summed E-state index contributed by atoms with van der Waals surface area (Å²) in [6.07, 6.45) is 0.995. The summed E-state index contributed by atoms with van der Waals surface area (Å²) in [7, 11) is 0. The molecule has 26 heavy (non-hydrogen) atoms. The molecule has 1 fully saturated rings. The second-order valence-electron chi connectivity index (χ2n) is 8.22. The van der Waals surface area contributed by atoms with E-state index in [1.54, 1.807) is 9.80 Å². The van der Waals surface area contributed by atoms with Crippen LogP contribution in [0.4, 0.5) is 0 Å². The van der Waals surface area contributed by atoms with Crippen molar-refractivity contribution in [1.29, 1.82) is 0 Å². The highest BCUT2D eigenvalue weighted by Crippen LogP contribution is 2.24. The lowest BCUT2D eigenvalue weighted by atomic mass is 9.98. The highest BCUT2D eigenvalue weighted by molar-refractivity contribution is 5.26. The molecule has 2 aromatic rings. The molecule has 6 nitrogen and oxygen atoms in total. The number of piperazine rings is 1. The van der Waals surface area contributed by atoms with E-state index in [-0.39, 0.29) is 11.6 Å². The molecule has 0 spiro atoms. The first-order valence-electron chi connectivity index (χ1n) is 9.99. The molecule has 6 heteroatoms. The van der Waals surface area contributed by atoms with Crippen LogP contribution in [0, 0.1) is 6.92 Å². The number of rotatable bonds is 6. The Kier molecular flexibility index (Phi) is 5.73. The Hall–Kier alpha value is -1.79. The normalized spacial score (nSPS) is 22.3. The van der Waals surface area contributed by atoms with E-state index in [1.807, 2.05) is 0 Å². The van der Waals surface area contributed by atoms with Gasteiger partial charge in [0, 0.05) is 5.56 Å². The molecule has 1 atom stereocenters. The molecule has 3 rings (SSSR count). The lowest BCUT2D eigenvalue weighted by Crippen LogP contribution is -3.28. The van der Waals surface area contributed by atoms with E-state index in [2.05, 4.69) is 79.1 Å². The van der Waals surface area contributed by atoms with Gasteiger partial charge in [-0.3, -0.25) is 0 Å².